The quantitative estimate of drug-likeness (QED) is 0.561. The summed E-state index contributed by atoms with van der Waals surface area (Å²) in [5.74, 6) is 0.430. The fraction of sp³-hybridized carbons (Fsp3) is 0.412. The minimum absolute atomic E-state index is 0.0403. The second-order valence-corrected chi connectivity index (χ2v) is 6.97. The lowest BCUT2D eigenvalue weighted by molar-refractivity contribution is -0.126. The maximum absolute atomic E-state index is 13.0. The number of hydrogen-bond acceptors (Lipinski definition) is 8. The SMILES string of the molecule is O=C(NC1CCCc2c1cnn2-c1ccccn1)C1CNNC1n1cnnn1. The fourth-order valence-electron chi connectivity index (χ4n) is 3.93. The summed E-state index contributed by atoms with van der Waals surface area (Å²) in [6.45, 7) is 0.503. The normalized spacial score (nSPS) is 24.1. The van der Waals surface area contributed by atoms with Crippen molar-refractivity contribution in [3.05, 3.63) is 48.2 Å². The molecule has 0 spiro atoms. The Bertz CT molecular complexity index is 954. The van der Waals surface area contributed by atoms with Gasteiger partial charge in [-0.3, -0.25) is 10.2 Å². The molecule has 3 atom stereocenters. The van der Waals surface area contributed by atoms with Gasteiger partial charge in [0.05, 0.1) is 23.9 Å². The number of amides is 1. The van der Waals surface area contributed by atoms with E-state index in [9.17, 15) is 4.79 Å². The molecule has 1 fully saturated rings. The number of aromatic nitrogens is 7. The molecule has 5 rings (SSSR count). The van der Waals surface area contributed by atoms with Crippen LogP contribution in [0, 0.1) is 5.92 Å². The molecule has 2 aliphatic rings. The molecule has 3 N–H and O–H groups in total. The Kier molecular flexibility index (Phi) is 4.29. The number of tetrazole rings is 1. The molecule has 1 saturated heterocycles. The Morgan fingerprint density at radius 2 is 2.29 bits per heavy atom. The zero-order chi connectivity index (χ0) is 18.9. The molecular formula is C17H20N10O. The lowest BCUT2D eigenvalue weighted by atomic mass is 9.92. The van der Waals surface area contributed by atoms with Gasteiger partial charge < -0.3 is 5.32 Å². The van der Waals surface area contributed by atoms with Crippen LogP contribution in [-0.2, 0) is 11.2 Å². The summed E-state index contributed by atoms with van der Waals surface area (Å²) < 4.78 is 3.42. The minimum Gasteiger partial charge on any atom is -0.349 e. The average Bonchev–Trinajstić information content (AvgIpc) is 3.48. The molecule has 3 aromatic rings. The van der Waals surface area contributed by atoms with Crippen LogP contribution in [0.4, 0.5) is 0 Å². The van der Waals surface area contributed by atoms with Gasteiger partial charge >= 0.3 is 0 Å². The van der Waals surface area contributed by atoms with Crippen molar-refractivity contribution < 1.29 is 4.79 Å². The second kappa shape index (κ2) is 7.09. The number of nitrogens with one attached hydrogen (secondary N) is 3. The highest BCUT2D eigenvalue weighted by Gasteiger charge is 2.37. The zero-order valence-corrected chi connectivity index (χ0v) is 15.1. The molecule has 0 aromatic carbocycles. The first-order valence-electron chi connectivity index (χ1n) is 9.30. The standard InChI is InChI=1S/C17H20N10O/c28-17(12-8-19-23-16(12)26-10-20-24-25-26)22-13-4-3-5-14-11(13)9-21-27(14)15-6-1-2-7-18-15/h1-2,6-7,9-10,12-13,16,19,23H,3-5,8H2,(H,22,28). The number of rotatable bonds is 4. The molecule has 11 heteroatoms. The van der Waals surface area contributed by atoms with Crippen molar-refractivity contribution in [2.75, 3.05) is 6.54 Å². The summed E-state index contributed by atoms with van der Waals surface area (Å²) in [6, 6.07) is 5.69. The lowest BCUT2D eigenvalue weighted by Gasteiger charge is -2.26. The van der Waals surface area contributed by atoms with E-state index in [1.165, 1.54) is 6.33 Å². The van der Waals surface area contributed by atoms with Crippen LogP contribution in [0.15, 0.2) is 36.9 Å². The van der Waals surface area contributed by atoms with E-state index in [4.69, 9.17) is 0 Å². The maximum Gasteiger partial charge on any atom is 0.228 e. The van der Waals surface area contributed by atoms with Crippen LogP contribution in [-0.4, -0.2) is 47.4 Å². The molecule has 1 aliphatic carbocycles. The average molecular weight is 380 g/mol. The van der Waals surface area contributed by atoms with Gasteiger partial charge in [-0.05, 0) is 41.8 Å². The van der Waals surface area contributed by atoms with Gasteiger partial charge in [-0.25, -0.2) is 19.8 Å². The third-order valence-electron chi connectivity index (χ3n) is 5.31. The van der Waals surface area contributed by atoms with E-state index < -0.39 is 0 Å². The van der Waals surface area contributed by atoms with Crippen LogP contribution in [0.25, 0.3) is 5.82 Å². The van der Waals surface area contributed by atoms with E-state index in [2.05, 4.69) is 41.8 Å². The molecule has 0 radical (unpaired) electrons. The van der Waals surface area contributed by atoms with Crippen molar-refractivity contribution in [2.24, 2.45) is 5.92 Å². The van der Waals surface area contributed by atoms with Gasteiger partial charge in [-0.15, -0.1) is 5.10 Å². The number of carbonyl (C=O) groups is 1. The number of hydrogen-bond donors (Lipinski definition) is 3. The minimum atomic E-state index is -0.325. The molecule has 144 valence electrons. The van der Waals surface area contributed by atoms with E-state index in [0.717, 1.165) is 36.3 Å². The summed E-state index contributed by atoms with van der Waals surface area (Å²) in [6.07, 6.45) is 7.56. The summed E-state index contributed by atoms with van der Waals surface area (Å²) in [7, 11) is 0. The van der Waals surface area contributed by atoms with Gasteiger partial charge in [0.2, 0.25) is 5.91 Å². The molecule has 0 bridgehead atoms. The molecule has 0 saturated carbocycles. The third-order valence-corrected chi connectivity index (χ3v) is 5.31. The number of hydrazine groups is 1. The monoisotopic (exact) mass is 380 g/mol. The molecule has 1 aliphatic heterocycles. The third kappa shape index (κ3) is 2.94. The van der Waals surface area contributed by atoms with Crippen LogP contribution < -0.4 is 16.2 Å². The second-order valence-electron chi connectivity index (χ2n) is 6.97. The van der Waals surface area contributed by atoms with Crippen molar-refractivity contribution >= 4 is 5.91 Å². The first kappa shape index (κ1) is 17.0. The van der Waals surface area contributed by atoms with Crippen LogP contribution in [0.2, 0.25) is 0 Å². The molecule has 4 heterocycles. The lowest BCUT2D eigenvalue weighted by Crippen LogP contribution is -2.40. The zero-order valence-electron chi connectivity index (χ0n) is 15.1. The number of fused-ring (bicyclic) bond motifs is 1. The van der Waals surface area contributed by atoms with Gasteiger partial charge in [-0.1, -0.05) is 6.07 Å². The summed E-state index contributed by atoms with van der Waals surface area (Å²) in [4.78, 5) is 17.4. The van der Waals surface area contributed by atoms with E-state index in [0.29, 0.717) is 6.54 Å². The largest absolute Gasteiger partial charge is 0.349 e. The molecule has 28 heavy (non-hydrogen) atoms. The van der Waals surface area contributed by atoms with Gasteiger partial charge in [-0.2, -0.15) is 5.10 Å². The summed E-state index contributed by atoms with van der Waals surface area (Å²) in [5, 5.41) is 18.9. The highest BCUT2D eigenvalue weighted by atomic mass is 16.2. The van der Waals surface area contributed by atoms with Crippen molar-refractivity contribution in [3.63, 3.8) is 0 Å². The highest BCUT2D eigenvalue weighted by Crippen LogP contribution is 2.31. The molecule has 11 nitrogen and oxygen atoms in total. The maximum atomic E-state index is 13.0. The molecule has 3 unspecified atom stereocenters. The number of nitrogens with zero attached hydrogens (tertiary/aromatic N) is 7. The molecular weight excluding hydrogens is 360 g/mol. The number of carbonyl (C=O) groups excluding carboxylic acids is 1. The highest BCUT2D eigenvalue weighted by molar-refractivity contribution is 5.80. The van der Waals surface area contributed by atoms with Crippen LogP contribution in [0.3, 0.4) is 0 Å². The Balaban J connectivity index is 1.36. The van der Waals surface area contributed by atoms with Crippen molar-refractivity contribution in [2.45, 2.75) is 31.5 Å². The molecule has 1 amide bonds. The van der Waals surface area contributed by atoms with Gasteiger partial charge in [0.1, 0.15) is 12.5 Å². The van der Waals surface area contributed by atoms with Crippen LogP contribution in [0.1, 0.15) is 36.3 Å². The van der Waals surface area contributed by atoms with Gasteiger partial charge in [0.25, 0.3) is 0 Å². The Morgan fingerprint density at radius 3 is 3.11 bits per heavy atom. The summed E-state index contributed by atoms with van der Waals surface area (Å²) >= 11 is 0. The summed E-state index contributed by atoms with van der Waals surface area (Å²) in [5.41, 5.74) is 8.24. The Morgan fingerprint density at radius 1 is 1.32 bits per heavy atom. The fourth-order valence-corrected chi connectivity index (χ4v) is 3.93. The predicted octanol–water partition coefficient (Wildman–Crippen LogP) is -0.330. The van der Waals surface area contributed by atoms with E-state index >= 15 is 0 Å². The van der Waals surface area contributed by atoms with E-state index in [1.54, 1.807) is 10.9 Å². The smallest absolute Gasteiger partial charge is 0.228 e. The Hall–Kier alpha value is -3.18. The van der Waals surface area contributed by atoms with Crippen LogP contribution in [0.5, 0.6) is 0 Å². The predicted molar refractivity (Wildman–Crippen MR) is 96.7 cm³/mol. The number of pyridine rings is 1. The van der Waals surface area contributed by atoms with E-state index in [1.807, 2.05) is 29.1 Å². The van der Waals surface area contributed by atoms with Crippen molar-refractivity contribution in [1.82, 2.24) is 51.1 Å². The Labute approximate surface area is 160 Å². The van der Waals surface area contributed by atoms with Gasteiger partial charge in [0.15, 0.2) is 5.82 Å². The topological polar surface area (TPSA) is 127 Å². The first-order chi connectivity index (χ1) is 13.8. The van der Waals surface area contributed by atoms with Crippen molar-refractivity contribution in [1.29, 1.82) is 0 Å². The van der Waals surface area contributed by atoms with Gasteiger partial charge in [0, 0.05) is 18.3 Å². The van der Waals surface area contributed by atoms with Crippen molar-refractivity contribution in [3.8, 4) is 5.82 Å². The van der Waals surface area contributed by atoms with E-state index in [-0.39, 0.29) is 24.0 Å². The molecule has 3 aromatic heterocycles. The first-order valence-corrected chi connectivity index (χ1v) is 9.30. The van der Waals surface area contributed by atoms with Crippen LogP contribution >= 0.6 is 0 Å².